The molecule has 2 heterocycles. The molecule has 0 amide bonds. The monoisotopic (exact) mass is 211 g/mol. The summed E-state index contributed by atoms with van der Waals surface area (Å²) in [5.74, 6) is 0. The second-order valence-corrected chi connectivity index (χ2v) is 4.59. The van der Waals surface area contributed by atoms with E-state index in [2.05, 4.69) is 22.1 Å². The number of rotatable bonds is 3. The van der Waals surface area contributed by atoms with Crippen molar-refractivity contribution in [3.05, 3.63) is 16.1 Å². The van der Waals surface area contributed by atoms with E-state index in [0.717, 1.165) is 25.9 Å². The van der Waals surface area contributed by atoms with Gasteiger partial charge in [0.05, 0.1) is 17.4 Å². The van der Waals surface area contributed by atoms with Gasteiger partial charge in [-0.3, -0.25) is 4.90 Å². The van der Waals surface area contributed by atoms with Gasteiger partial charge in [-0.25, -0.2) is 4.98 Å². The summed E-state index contributed by atoms with van der Waals surface area (Å²) in [5.41, 5.74) is 3.25. The topological polar surface area (TPSA) is 28.2 Å². The van der Waals surface area contributed by atoms with Gasteiger partial charge in [-0.2, -0.15) is 0 Å². The van der Waals surface area contributed by atoms with E-state index < -0.39 is 0 Å². The Kier molecular flexibility index (Phi) is 3.15. The van der Waals surface area contributed by atoms with Crippen LogP contribution in [0.15, 0.2) is 5.51 Å². The highest BCUT2D eigenvalue weighted by atomic mass is 32.1. The van der Waals surface area contributed by atoms with Gasteiger partial charge in [0.1, 0.15) is 0 Å². The SMILES string of the molecule is CCC(NC)N1CCc2scnc2C1. The normalized spacial score (nSPS) is 19.3. The maximum absolute atomic E-state index is 4.41. The molecule has 1 aromatic rings. The van der Waals surface area contributed by atoms with Gasteiger partial charge in [0.15, 0.2) is 0 Å². The average molecular weight is 211 g/mol. The molecule has 1 unspecified atom stereocenters. The van der Waals surface area contributed by atoms with Crippen LogP contribution in [0.25, 0.3) is 0 Å². The molecule has 0 aromatic carbocycles. The molecule has 0 saturated heterocycles. The lowest BCUT2D eigenvalue weighted by atomic mass is 10.1. The van der Waals surface area contributed by atoms with Crippen molar-refractivity contribution in [2.24, 2.45) is 0 Å². The minimum absolute atomic E-state index is 0.504. The van der Waals surface area contributed by atoms with Crippen LogP contribution in [0.2, 0.25) is 0 Å². The number of aromatic nitrogens is 1. The Morgan fingerprint density at radius 2 is 2.57 bits per heavy atom. The van der Waals surface area contributed by atoms with Crippen molar-refractivity contribution in [1.82, 2.24) is 15.2 Å². The molecule has 0 saturated carbocycles. The van der Waals surface area contributed by atoms with E-state index >= 15 is 0 Å². The fourth-order valence-electron chi connectivity index (χ4n) is 2.05. The van der Waals surface area contributed by atoms with Gasteiger partial charge in [0.2, 0.25) is 0 Å². The van der Waals surface area contributed by atoms with Crippen LogP contribution in [-0.2, 0) is 13.0 Å². The summed E-state index contributed by atoms with van der Waals surface area (Å²) >= 11 is 1.80. The fraction of sp³-hybridized carbons (Fsp3) is 0.700. The lowest BCUT2D eigenvalue weighted by Crippen LogP contribution is -2.45. The highest BCUT2D eigenvalue weighted by Crippen LogP contribution is 2.22. The molecule has 0 radical (unpaired) electrons. The molecule has 1 aliphatic heterocycles. The van der Waals surface area contributed by atoms with Crippen molar-refractivity contribution in [1.29, 1.82) is 0 Å². The molecular weight excluding hydrogens is 194 g/mol. The van der Waals surface area contributed by atoms with Crippen molar-refractivity contribution in [3.63, 3.8) is 0 Å². The van der Waals surface area contributed by atoms with Crippen molar-refractivity contribution in [3.8, 4) is 0 Å². The Bertz CT molecular complexity index is 293. The number of nitrogens with zero attached hydrogens (tertiary/aromatic N) is 2. The second kappa shape index (κ2) is 4.38. The molecule has 1 atom stereocenters. The maximum atomic E-state index is 4.41. The van der Waals surface area contributed by atoms with Gasteiger partial charge in [-0.15, -0.1) is 11.3 Å². The van der Waals surface area contributed by atoms with Gasteiger partial charge >= 0.3 is 0 Å². The molecule has 1 aromatic heterocycles. The van der Waals surface area contributed by atoms with Crippen molar-refractivity contribution in [2.45, 2.75) is 32.5 Å². The molecule has 78 valence electrons. The Morgan fingerprint density at radius 3 is 3.29 bits per heavy atom. The molecular formula is C10H17N3S. The summed E-state index contributed by atoms with van der Waals surface area (Å²) in [7, 11) is 2.03. The van der Waals surface area contributed by atoms with Gasteiger partial charge in [-0.05, 0) is 19.9 Å². The van der Waals surface area contributed by atoms with Crippen LogP contribution < -0.4 is 5.32 Å². The number of fused-ring (bicyclic) bond motifs is 1. The number of nitrogens with one attached hydrogen (secondary N) is 1. The number of hydrogen-bond donors (Lipinski definition) is 1. The zero-order valence-corrected chi connectivity index (χ0v) is 9.60. The smallest absolute Gasteiger partial charge is 0.0798 e. The molecule has 2 rings (SSSR count). The molecule has 1 aliphatic rings. The molecule has 0 aliphatic carbocycles. The Morgan fingerprint density at radius 1 is 1.71 bits per heavy atom. The second-order valence-electron chi connectivity index (χ2n) is 3.66. The lowest BCUT2D eigenvalue weighted by Gasteiger charge is -2.33. The first-order chi connectivity index (χ1) is 6.85. The highest BCUT2D eigenvalue weighted by Gasteiger charge is 2.22. The van der Waals surface area contributed by atoms with Crippen LogP contribution >= 0.6 is 11.3 Å². The van der Waals surface area contributed by atoms with Crippen LogP contribution in [0.5, 0.6) is 0 Å². The highest BCUT2D eigenvalue weighted by molar-refractivity contribution is 7.09. The molecule has 14 heavy (non-hydrogen) atoms. The minimum atomic E-state index is 0.504. The van der Waals surface area contributed by atoms with Gasteiger partial charge < -0.3 is 5.32 Å². The van der Waals surface area contributed by atoms with E-state index in [9.17, 15) is 0 Å². The molecule has 0 spiro atoms. The van der Waals surface area contributed by atoms with Crippen LogP contribution in [0, 0.1) is 0 Å². The van der Waals surface area contributed by atoms with Gasteiger partial charge in [0, 0.05) is 18.0 Å². The van der Waals surface area contributed by atoms with Crippen molar-refractivity contribution < 1.29 is 0 Å². The molecule has 0 fully saturated rings. The first-order valence-corrected chi connectivity index (χ1v) is 6.05. The molecule has 4 heteroatoms. The minimum Gasteiger partial charge on any atom is -0.305 e. The summed E-state index contributed by atoms with van der Waals surface area (Å²) in [6, 6.07) is 0. The quantitative estimate of drug-likeness (QED) is 0.820. The van der Waals surface area contributed by atoms with E-state index in [1.807, 2.05) is 12.6 Å². The zero-order chi connectivity index (χ0) is 9.97. The van der Waals surface area contributed by atoms with Crippen molar-refractivity contribution in [2.75, 3.05) is 13.6 Å². The van der Waals surface area contributed by atoms with Crippen LogP contribution in [0.4, 0.5) is 0 Å². The average Bonchev–Trinajstić information content (AvgIpc) is 2.66. The van der Waals surface area contributed by atoms with Crippen LogP contribution in [-0.4, -0.2) is 29.6 Å². The number of hydrogen-bond acceptors (Lipinski definition) is 4. The van der Waals surface area contributed by atoms with E-state index in [4.69, 9.17) is 0 Å². The maximum Gasteiger partial charge on any atom is 0.0798 e. The van der Waals surface area contributed by atoms with E-state index in [-0.39, 0.29) is 0 Å². The summed E-state index contributed by atoms with van der Waals surface area (Å²) < 4.78 is 0. The predicted octanol–water partition coefficient (Wildman–Crippen LogP) is 1.46. The van der Waals surface area contributed by atoms with Crippen LogP contribution in [0.3, 0.4) is 0 Å². The third-order valence-corrected chi connectivity index (χ3v) is 3.80. The summed E-state index contributed by atoms with van der Waals surface area (Å²) in [6.07, 6.45) is 2.82. The summed E-state index contributed by atoms with van der Waals surface area (Å²) in [4.78, 5) is 8.36. The largest absolute Gasteiger partial charge is 0.305 e. The first-order valence-electron chi connectivity index (χ1n) is 5.17. The summed E-state index contributed by atoms with van der Waals surface area (Å²) in [6.45, 7) is 4.39. The molecule has 0 bridgehead atoms. The van der Waals surface area contributed by atoms with E-state index in [1.165, 1.54) is 10.6 Å². The zero-order valence-electron chi connectivity index (χ0n) is 8.79. The van der Waals surface area contributed by atoms with E-state index in [0.29, 0.717) is 6.17 Å². The Balaban J connectivity index is 2.06. The van der Waals surface area contributed by atoms with Crippen molar-refractivity contribution >= 4 is 11.3 Å². The van der Waals surface area contributed by atoms with Gasteiger partial charge in [0.25, 0.3) is 0 Å². The number of thiazole rings is 1. The standard InChI is InChI=1S/C10H17N3S/c1-3-10(11-2)13-5-4-9-8(6-13)12-7-14-9/h7,10-11H,3-6H2,1-2H3. The van der Waals surface area contributed by atoms with Crippen LogP contribution in [0.1, 0.15) is 23.9 Å². The Labute approximate surface area is 89.1 Å². The van der Waals surface area contributed by atoms with Gasteiger partial charge in [-0.1, -0.05) is 6.92 Å². The first kappa shape index (κ1) is 10.1. The van der Waals surface area contributed by atoms with E-state index in [1.54, 1.807) is 11.3 Å². The lowest BCUT2D eigenvalue weighted by molar-refractivity contribution is 0.150. The Hall–Kier alpha value is -0.450. The predicted molar refractivity (Wildman–Crippen MR) is 59.4 cm³/mol. The third-order valence-electron chi connectivity index (χ3n) is 2.87. The molecule has 3 nitrogen and oxygen atoms in total. The summed E-state index contributed by atoms with van der Waals surface area (Å²) in [5, 5.41) is 3.35. The fourth-order valence-corrected chi connectivity index (χ4v) is 2.82. The third kappa shape index (κ3) is 1.82. The molecule has 1 N–H and O–H groups in total.